The lowest BCUT2D eigenvalue weighted by Crippen LogP contribution is -2.42. The van der Waals surface area contributed by atoms with Crippen LogP contribution in [0, 0.1) is 11.3 Å². The fourth-order valence-electron chi connectivity index (χ4n) is 3.48. The van der Waals surface area contributed by atoms with Gasteiger partial charge in [0.25, 0.3) is 0 Å². The molecule has 0 aliphatic heterocycles. The minimum atomic E-state index is 0.621. The number of nitrogens with zero attached hydrogens (tertiary/aromatic N) is 1. The second-order valence-corrected chi connectivity index (χ2v) is 7.36. The number of alkyl halides is 1. The van der Waals surface area contributed by atoms with Gasteiger partial charge in [-0.2, -0.15) is 0 Å². The predicted octanol–water partition coefficient (Wildman–Crippen LogP) is 4.21. The average molecular weight is 300 g/mol. The van der Waals surface area contributed by atoms with Crippen LogP contribution in [0.2, 0.25) is 0 Å². The summed E-state index contributed by atoms with van der Waals surface area (Å²) in [6.07, 6.45) is 13.3. The fourth-order valence-corrected chi connectivity index (χ4v) is 4.22. The van der Waals surface area contributed by atoms with Crippen molar-refractivity contribution in [2.75, 3.05) is 18.4 Å². The Bertz CT molecular complexity index is 252. The van der Waals surface area contributed by atoms with E-state index >= 15 is 0 Å². The lowest BCUT2D eigenvalue weighted by atomic mass is 9.75. The van der Waals surface area contributed by atoms with Crippen molar-refractivity contribution < 1.29 is 0 Å². The monoisotopic (exact) mass is 299 g/mol. The van der Waals surface area contributed by atoms with Crippen LogP contribution >= 0.6 is 15.9 Å². The lowest BCUT2D eigenvalue weighted by Gasteiger charge is -2.40. The molecule has 17 heavy (non-hydrogen) atoms. The molecule has 0 spiro atoms. The van der Waals surface area contributed by atoms with Gasteiger partial charge in [-0.05, 0) is 49.9 Å². The van der Waals surface area contributed by atoms with E-state index in [0.29, 0.717) is 5.41 Å². The van der Waals surface area contributed by atoms with Crippen LogP contribution in [-0.4, -0.2) is 29.4 Å². The first kappa shape index (κ1) is 12.5. The van der Waals surface area contributed by atoms with E-state index in [0.717, 1.165) is 12.0 Å². The van der Waals surface area contributed by atoms with E-state index in [1.807, 2.05) is 0 Å². The molecule has 0 atom stereocenters. The van der Waals surface area contributed by atoms with Gasteiger partial charge in [-0.3, -0.25) is 4.90 Å². The summed E-state index contributed by atoms with van der Waals surface area (Å²) < 4.78 is 0. The van der Waals surface area contributed by atoms with Crippen LogP contribution in [-0.2, 0) is 0 Å². The van der Waals surface area contributed by atoms with Crippen molar-refractivity contribution in [3.63, 3.8) is 0 Å². The molecule has 0 heterocycles. The maximum atomic E-state index is 3.82. The number of rotatable bonds is 6. The number of hydrogen-bond donors (Lipinski definition) is 0. The van der Waals surface area contributed by atoms with Crippen LogP contribution in [0.25, 0.3) is 0 Å². The maximum Gasteiger partial charge on any atom is 0.0100 e. The highest BCUT2D eigenvalue weighted by Gasteiger charge is 2.39. The predicted molar refractivity (Wildman–Crippen MR) is 76.6 cm³/mol. The summed E-state index contributed by atoms with van der Waals surface area (Å²) in [5.74, 6) is 1.06. The van der Waals surface area contributed by atoms with Crippen LogP contribution in [0.1, 0.15) is 57.8 Å². The molecule has 0 N–H and O–H groups in total. The Balaban J connectivity index is 1.60. The summed E-state index contributed by atoms with van der Waals surface area (Å²) in [5, 5.41) is 1.23. The Morgan fingerprint density at radius 2 is 1.71 bits per heavy atom. The Kier molecular flexibility index (Phi) is 3.82. The molecule has 3 aliphatic rings. The number of halogens is 1. The van der Waals surface area contributed by atoms with Gasteiger partial charge >= 0.3 is 0 Å². The van der Waals surface area contributed by atoms with Crippen molar-refractivity contribution in [2.24, 2.45) is 11.3 Å². The Hall–Kier alpha value is 0.440. The molecular formula is C15H26BrN. The lowest BCUT2D eigenvalue weighted by molar-refractivity contribution is 0.117. The third kappa shape index (κ3) is 3.26. The van der Waals surface area contributed by atoms with E-state index in [1.54, 1.807) is 0 Å². The third-order valence-electron chi connectivity index (χ3n) is 4.99. The summed E-state index contributed by atoms with van der Waals surface area (Å²) >= 11 is 3.82. The highest BCUT2D eigenvalue weighted by atomic mass is 79.9. The van der Waals surface area contributed by atoms with Crippen LogP contribution in [0.15, 0.2) is 0 Å². The molecule has 98 valence electrons. The fraction of sp³-hybridized carbons (Fsp3) is 1.00. The molecule has 3 aliphatic carbocycles. The van der Waals surface area contributed by atoms with E-state index in [9.17, 15) is 0 Å². The zero-order valence-corrected chi connectivity index (χ0v) is 12.6. The quantitative estimate of drug-likeness (QED) is 0.664. The van der Waals surface area contributed by atoms with Gasteiger partial charge in [0.15, 0.2) is 0 Å². The molecule has 0 bridgehead atoms. The highest BCUT2D eigenvalue weighted by molar-refractivity contribution is 9.09. The Morgan fingerprint density at radius 1 is 1.00 bits per heavy atom. The summed E-state index contributed by atoms with van der Waals surface area (Å²) in [4.78, 5) is 2.87. The second kappa shape index (κ2) is 5.21. The van der Waals surface area contributed by atoms with E-state index in [1.165, 1.54) is 76.2 Å². The van der Waals surface area contributed by atoms with Crippen molar-refractivity contribution in [2.45, 2.75) is 63.8 Å². The van der Waals surface area contributed by atoms with Gasteiger partial charge in [0.05, 0.1) is 0 Å². The van der Waals surface area contributed by atoms with Gasteiger partial charge in [-0.15, -0.1) is 0 Å². The molecule has 1 nitrogen and oxygen atoms in total. The molecule has 0 saturated heterocycles. The molecular weight excluding hydrogens is 274 g/mol. The van der Waals surface area contributed by atoms with Crippen LogP contribution < -0.4 is 0 Å². The summed E-state index contributed by atoms with van der Waals surface area (Å²) in [5.41, 5.74) is 0.621. The van der Waals surface area contributed by atoms with E-state index in [-0.39, 0.29) is 0 Å². The minimum Gasteiger partial charge on any atom is -0.300 e. The van der Waals surface area contributed by atoms with Gasteiger partial charge in [0, 0.05) is 24.5 Å². The maximum absolute atomic E-state index is 3.82. The average Bonchev–Trinajstić information content (AvgIpc) is 3.22. The smallest absolute Gasteiger partial charge is 0.0100 e. The van der Waals surface area contributed by atoms with Crippen LogP contribution in [0.4, 0.5) is 0 Å². The van der Waals surface area contributed by atoms with Crippen LogP contribution in [0.5, 0.6) is 0 Å². The van der Waals surface area contributed by atoms with E-state index < -0.39 is 0 Å². The van der Waals surface area contributed by atoms with Crippen molar-refractivity contribution in [3.05, 3.63) is 0 Å². The Labute approximate surface area is 114 Å². The second-order valence-electron chi connectivity index (χ2n) is 6.80. The molecule has 0 unspecified atom stereocenters. The molecule has 3 rings (SSSR count). The van der Waals surface area contributed by atoms with Crippen molar-refractivity contribution in [1.29, 1.82) is 0 Å². The summed E-state index contributed by atoms with van der Waals surface area (Å²) in [6, 6.07) is 0.966. The first-order valence-corrected chi connectivity index (χ1v) is 8.73. The van der Waals surface area contributed by atoms with Gasteiger partial charge in [0.1, 0.15) is 0 Å². The molecule has 0 radical (unpaired) electrons. The van der Waals surface area contributed by atoms with Crippen molar-refractivity contribution in [3.8, 4) is 0 Å². The standard InChI is InChI=1S/C15H26BrN/c16-11-15(8-2-1-3-9-15)12-17(14-6-7-14)10-13-4-5-13/h13-14H,1-12H2. The van der Waals surface area contributed by atoms with Gasteiger partial charge in [-0.25, -0.2) is 0 Å². The van der Waals surface area contributed by atoms with Crippen LogP contribution in [0.3, 0.4) is 0 Å². The summed E-state index contributed by atoms with van der Waals surface area (Å²) in [6.45, 7) is 2.80. The molecule has 3 fully saturated rings. The SMILES string of the molecule is BrCC1(CN(CC2CC2)C2CC2)CCCCC1. The zero-order valence-electron chi connectivity index (χ0n) is 11.0. The summed E-state index contributed by atoms with van der Waals surface area (Å²) in [7, 11) is 0. The van der Waals surface area contributed by atoms with E-state index in [2.05, 4.69) is 20.8 Å². The first-order valence-electron chi connectivity index (χ1n) is 7.61. The van der Waals surface area contributed by atoms with Gasteiger partial charge in [0.2, 0.25) is 0 Å². The normalized spacial score (nSPS) is 28.6. The zero-order chi connectivity index (χ0) is 11.7. The van der Waals surface area contributed by atoms with Gasteiger partial charge < -0.3 is 0 Å². The van der Waals surface area contributed by atoms with Gasteiger partial charge in [-0.1, -0.05) is 35.2 Å². The molecule has 3 saturated carbocycles. The third-order valence-corrected chi connectivity index (χ3v) is 6.18. The molecule has 0 amide bonds. The molecule has 2 heteroatoms. The largest absolute Gasteiger partial charge is 0.300 e. The van der Waals surface area contributed by atoms with E-state index in [4.69, 9.17) is 0 Å². The topological polar surface area (TPSA) is 3.24 Å². The van der Waals surface area contributed by atoms with Crippen molar-refractivity contribution >= 4 is 15.9 Å². The number of hydrogen-bond acceptors (Lipinski definition) is 1. The Morgan fingerprint density at radius 3 is 2.24 bits per heavy atom. The minimum absolute atomic E-state index is 0.621. The highest BCUT2D eigenvalue weighted by Crippen LogP contribution is 2.42. The molecule has 0 aromatic rings. The molecule has 0 aromatic carbocycles. The first-order chi connectivity index (χ1) is 8.31. The molecule has 0 aromatic heterocycles. The van der Waals surface area contributed by atoms with Crippen molar-refractivity contribution in [1.82, 2.24) is 4.90 Å².